The topological polar surface area (TPSA) is 49.3 Å². The van der Waals surface area contributed by atoms with Gasteiger partial charge < -0.3 is 10.4 Å². The Kier molecular flexibility index (Phi) is 3.91. The van der Waals surface area contributed by atoms with Gasteiger partial charge in [0, 0.05) is 16.7 Å². The van der Waals surface area contributed by atoms with E-state index in [1.165, 1.54) is 0 Å². The van der Waals surface area contributed by atoms with Crippen molar-refractivity contribution < 1.29 is 9.90 Å². The molecule has 1 rings (SSSR count). The average Bonchev–Trinajstić information content (AvgIpc) is 2.14. The fraction of sp³-hybridized carbons (Fsp3) is 0.182. The van der Waals surface area contributed by atoms with Crippen molar-refractivity contribution in [3.63, 3.8) is 0 Å². The third-order valence-corrected chi connectivity index (χ3v) is 2.45. The molecule has 0 aliphatic heterocycles. The quantitative estimate of drug-likeness (QED) is 0.826. The van der Waals surface area contributed by atoms with E-state index in [0.717, 1.165) is 11.3 Å². The number of anilines is 1. The molecule has 0 saturated heterocycles. The first-order valence-electron chi connectivity index (χ1n) is 4.42. The molecule has 0 heterocycles. The predicted octanol–water partition coefficient (Wildman–Crippen LogP) is 3.14. The van der Waals surface area contributed by atoms with Crippen molar-refractivity contribution in [2.75, 3.05) is 11.9 Å². The molecule has 0 aromatic heterocycles. The molecule has 0 fully saturated rings. The SMILES string of the molecule is C=C(C)CNc1ccc(C(=O)O)c(Br)c1. The fourth-order valence-electron chi connectivity index (χ4n) is 1.05. The maximum atomic E-state index is 10.7. The van der Waals surface area contributed by atoms with Gasteiger partial charge in [0.15, 0.2) is 0 Å². The first kappa shape index (κ1) is 11.8. The van der Waals surface area contributed by atoms with Crippen LogP contribution in [0.3, 0.4) is 0 Å². The number of carbonyl (C=O) groups is 1. The van der Waals surface area contributed by atoms with Gasteiger partial charge in [-0.05, 0) is 41.1 Å². The Balaban J connectivity index is 2.82. The van der Waals surface area contributed by atoms with Crippen LogP contribution >= 0.6 is 15.9 Å². The van der Waals surface area contributed by atoms with Crippen LogP contribution in [0.25, 0.3) is 0 Å². The molecule has 0 aliphatic carbocycles. The summed E-state index contributed by atoms with van der Waals surface area (Å²) < 4.78 is 0.571. The minimum Gasteiger partial charge on any atom is -0.478 e. The molecule has 0 amide bonds. The predicted molar refractivity (Wildman–Crippen MR) is 64.4 cm³/mol. The maximum absolute atomic E-state index is 10.7. The van der Waals surface area contributed by atoms with Crippen molar-refractivity contribution in [1.29, 1.82) is 0 Å². The molecule has 80 valence electrons. The Morgan fingerprint density at radius 2 is 2.27 bits per heavy atom. The largest absolute Gasteiger partial charge is 0.478 e. The molecule has 0 saturated carbocycles. The number of carboxylic acids is 1. The van der Waals surface area contributed by atoms with E-state index in [-0.39, 0.29) is 5.56 Å². The van der Waals surface area contributed by atoms with E-state index in [1.54, 1.807) is 18.2 Å². The summed E-state index contributed by atoms with van der Waals surface area (Å²) in [5.41, 5.74) is 2.15. The zero-order valence-corrected chi connectivity index (χ0v) is 9.97. The standard InChI is InChI=1S/C11H12BrNO2/c1-7(2)6-13-8-3-4-9(11(14)15)10(12)5-8/h3-5,13H,1,6H2,2H3,(H,14,15). The van der Waals surface area contributed by atoms with Crippen LogP contribution < -0.4 is 5.32 Å². The monoisotopic (exact) mass is 269 g/mol. The van der Waals surface area contributed by atoms with E-state index < -0.39 is 5.97 Å². The molecule has 3 nitrogen and oxygen atoms in total. The zero-order chi connectivity index (χ0) is 11.4. The summed E-state index contributed by atoms with van der Waals surface area (Å²) in [6.45, 7) is 6.37. The van der Waals surface area contributed by atoms with Gasteiger partial charge in [0.25, 0.3) is 0 Å². The number of nitrogens with one attached hydrogen (secondary N) is 1. The third kappa shape index (κ3) is 3.40. The van der Waals surface area contributed by atoms with Crippen LogP contribution in [0.5, 0.6) is 0 Å². The van der Waals surface area contributed by atoms with E-state index >= 15 is 0 Å². The van der Waals surface area contributed by atoms with Crippen molar-refractivity contribution >= 4 is 27.6 Å². The van der Waals surface area contributed by atoms with Crippen LogP contribution in [-0.2, 0) is 0 Å². The van der Waals surface area contributed by atoms with E-state index in [1.807, 2.05) is 6.92 Å². The number of aromatic carboxylic acids is 1. The lowest BCUT2D eigenvalue weighted by atomic mass is 10.2. The van der Waals surface area contributed by atoms with Crippen molar-refractivity contribution in [2.45, 2.75) is 6.92 Å². The summed E-state index contributed by atoms with van der Waals surface area (Å²) in [6.07, 6.45) is 0. The summed E-state index contributed by atoms with van der Waals surface area (Å²) in [4.78, 5) is 10.7. The molecular weight excluding hydrogens is 258 g/mol. The number of benzene rings is 1. The molecule has 2 N–H and O–H groups in total. The van der Waals surface area contributed by atoms with E-state index in [9.17, 15) is 4.79 Å². The number of hydrogen-bond acceptors (Lipinski definition) is 2. The van der Waals surface area contributed by atoms with Crippen LogP contribution in [-0.4, -0.2) is 17.6 Å². The van der Waals surface area contributed by atoms with Crippen molar-refractivity contribution in [2.24, 2.45) is 0 Å². The Labute approximate surface area is 96.9 Å². The van der Waals surface area contributed by atoms with Gasteiger partial charge in [-0.2, -0.15) is 0 Å². The minimum atomic E-state index is -0.937. The summed E-state index contributed by atoms with van der Waals surface area (Å²) in [5, 5.41) is 11.9. The fourth-order valence-corrected chi connectivity index (χ4v) is 1.60. The molecule has 0 aliphatic rings. The minimum absolute atomic E-state index is 0.260. The summed E-state index contributed by atoms with van der Waals surface area (Å²) >= 11 is 3.21. The molecular formula is C11H12BrNO2. The van der Waals surface area contributed by atoms with Crippen molar-refractivity contribution in [3.8, 4) is 0 Å². The normalized spacial score (nSPS) is 9.73. The zero-order valence-electron chi connectivity index (χ0n) is 8.38. The first-order valence-corrected chi connectivity index (χ1v) is 5.21. The van der Waals surface area contributed by atoms with Gasteiger partial charge in [-0.3, -0.25) is 0 Å². The van der Waals surface area contributed by atoms with Gasteiger partial charge in [-0.1, -0.05) is 12.2 Å². The Hall–Kier alpha value is -1.29. The summed E-state index contributed by atoms with van der Waals surface area (Å²) in [5.74, 6) is -0.937. The Morgan fingerprint density at radius 3 is 2.73 bits per heavy atom. The van der Waals surface area contributed by atoms with Gasteiger partial charge >= 0.3 is 5.97 Å². The summed E-state index contributed by atoms with van der Waals surface area (Å²) in [6, 6.07) is 5.04. The molecule has 0 spiro atoms. The van der Waals surface area contributed by atoms with E-state index in [2.05, 4.69) is 27.8 Å². The smallest absolute Gasteiger partial charge is 0.336 e. The first-order chi connectivity index (χ1) is 7.00. The van der Waals surface area contributed by atoms with Gasteiger partial charge in [-0.15, -0.1) is 0 Å². The molecule has 0 atom stereocenters. The highest BCUT2D eigenvalue weighted by molar-refractivity contribution is 9.10. The lowest BCUT2D eigenvalue weighted by Crippen LogP contribution is -2.03. The van der Waals surface area contributed by atoms with Crippen LogP contribution in [0.4, 0.5) is 5.69 Å². The number of rotatable bonds is 4. The molecule has 1 aromatic carbocycles. The lowest BCUT2D eigenvalue weighted by molar-refractivity contribution is 0.0696. The highest BCUT2D eigenvalue weighted by Crippen LogP contribution is 2.21. The molecule has 4 heteroatoms. The maximum Gasteiger partial charge on any atom is 0.336 e. The highest BCUT2D eigenvalue weighted by atomic mass is 79.9. The van der Waals surface area contributed by atoms with E-state index in [0.29, 0.717) is 11.0 Å². The Bertz CT molecular complexity index is 402. The second-order valence-corrected chi connectivity index (χ2v) is 4.16. The molecule has 15 heavy (non-hydrogen) atoms. The van der Waals surface area contributed by atoms with Crippen LogP contribution in [0.1, 0.15) is 17.3 Å². The van der Waals surface area contributed by atoms with Gasteiger partial charge in [-0.25, -0.2) is 4.79 Å². The Morgan fingerprint density at radius 1 is 1.60 bits per heavy atom. The van der Waals surface area contributed by atoms with Crippen LogP contribution in [0, 0.1) is 0 Å². The molecule has 1 aromatic rings. The highest BCUT2D eigenvalue weighted by Gasteiger charge is 2.07. The third-order valence-electron chi connectivity index (χ3n) is 1.79. The van der Waals surface area contributed by atoms with Crippen LogP contribution in [0.15, 0.2) is 34.8 Å². The number of carboxylic acid groups (broad SMARTS) is 1. The van der Waals surface area contributed by atoms with Gasteiger partial charge in [0.1, 0.15) is 0 Å². The molecule has 0 unspecified atom stereocenters. The second-order valence-electron chi connectivity index (χ2n) is 3.31. The number of halogens is 1. The van der Waals surface area contributed by atoms with Crippen molar-refractivity contribution in [1.82, 2.24) is 0 Å². The lowest BCUT2D eigenvalue weighted by Gasteiger charge is -2.07. The molecule has 0 bridgehead atoms. The average molecular weight is 270 g/mol. The van der Waals surface area contributed by atoms with Crippen LogP contribution in [0.2, 0.25) is 0 Å². The van der Waals surface area contributed by atoms with E-state index in [4.69, 9.17) is 5.11 Å². The second kappa shape index (κ2) is 4.98. The van der Waals surface area contributed by atoms with Gasteiger partial charge in [0.05, 0.1) is 5.56 Å². The van der Waals surface area contributed by atoms with Crippen molar-refractivity contribution in [3.05, 3.63) is 40.4 Å². The number of hydrogen-bond donors (Lipinski definition) is 2. The molecule has 0 radical (unpaired) electrons. The summed E-state index contributed by atoms with van der Waals surface area (Å²) in [7, 11) is 0. The van der Waals surface area contributed by atoms with Gasteiger partial charge in [0.2, 0.25) is 0 Å².